The number of aromatic nitrogens is 4. The summed E-state index contributed by atoms with van der Waals surface area (Å²) in [5, 5.41) is 9.00. The van der Waals surface area contributed by atoms with Crippen LogP contribution in [0.2, 0.25) is 0 Å². The molecule has 0 unspecified atom stereocenters. The Labute approximate surface area is 193 Å². The molecule has 9 heteroatoms. The number of hydrogen-bond donors (Lipinski definition) is 1. The number of nitrogens with one attached hydrogen (secondary N) is 1. The third-order valence-electron chi connectivity index (χ3n) is 5.59. The minimum absolute atomic E-state index is 0.0414. The van der Waals surface area contributed by atoms with Gasteiger partial charge in [-0.2, -0.15) is 5.10 Å². The molecular weight excluding hydrogens is 420 g/mol. The number of anilines is 1. The fraction of sp³-hybridized carbons (Fsp3) is 0.458. The first-order valence-corrected chi connectivity index (χ1v) is 11.2. The van der Waals surface area contributed by atoms with E-state index in [9.17, 15) is 9.59 Å². The van der Waals surface area contributed by atoms with Crippen LogP contribution in [0.4, 0.5) is 5.82 Å². The van der Waals surface area contributed by atoms with Gasteiger partial charge in [-0.25, -0.2) is 4.98 Å². The van der Waals surface area contributed by atoms with Gasteiger partial charge in [0.1, 0.15) is 11.4 Å². The molecule has 1 aliphatic rings. The Morgan fingerprint density at radius 3 is 2.48 bits per heavy atom. The summed E-state index contributed by atoms with van der Waals surface area (Å²) in [4.78, 5) is 35.8. The van der Waals surface area contributed by atoms with Crippen LogP contribution in [-0.4, -0.2) is 61.8 Å². The number of pyridine rings is 2. The predicted molar refractivity (Wildman–Crippen MR) is 125 cm³/mol. The molecule has 0 spiro atoms. The lowest BCUT2D eigenvalue weighted by Crippen LogP contribution is -2.42. The van der Waals surface area contributed by atoms with Crippen molar-refractivity contribution in [3.8, 4) is 11.3 Å². The Bertz CT molecular complexity index is 1160. The highest BCUT2D eigenvalue weighted by Gasteiger charge is 2.27. The molecule has 3 aromatic rings. The maximum absolute atomic E-state index is 12.8. The van der Waals surface area contributed by atoms with E-state index < -0.39 is 5.60 Å². The summed E-state index contributed by atoms with van der Waals surface area (Å²) in [7, 11) is 1.87. The van der Waals surface area contributed by atoms with E-state index >= 15 is 0 Å². The largest absolute Gasteiger partial charge is 0.459 e. The number of amides is 1. The van der Waals surface area contributed by atoms with Crippen LogP contribution < -0.4 is 5.32 Å². The SMILES string of the molecule is Cn1cc(-c2cc3cc(NC(=O)C4CCN(CC(=O)OC(C)(C)C)CC4)ncc3cn2)cn1. The van der Waals surface area contributed by atoms with Crippen molar-refractivity contribution in [3.63, 3.8) is 0 Å². The molecule has 9 nitrogen and oxygen atoms in total. The Hall–Kier alpha value is -3.33. The molecule has 0 bridgehead atoms. The van der Waals surface area contributed by atoms with Gasteiger partial charge in [-0.05, 0) is 64.2 Å². The lowest BCUT2D eigenvalue weighted by atomic mass is 9.96. The van der Waals surface area contributed by atoms with Crippen molar-refractivity contribution in [2.24, 2.45) is 13.0 Å². The number of piperidine rings is 1. The Morgan fingerprint density at radius 2 is 1.82 bits per heavy atom. The summed E-state index contributed by atoms with van der Waals surface area (Å²) in [6.45, 7) is 7.20. The Balaban J connectivity index is 1.35. The molecular formula is C24H30N6O3. The Morgan fingerprint density at radius 1 is 1.09 bits per heavy atom. The molecule has 0 aliphatic carbocycles. The highest BCUT2D eigenvalue weighted by molar-refractivity contribution is 5.94. The molecule has 33 heavy (non-hydrogen) atoms. The molecule has 0 atom stereocenters. The van der Waals surface area contributed by atoms with E-state index in [0.717, 1.165) is 22.0 Å². The second-order valence-electron chi connectivity index (χ2n) is 9.52. The van der Waals surface area contributed by atoms with E-state index in [1.165, 1.54) is 0 Å². The van der Waals surface area contributed by atoms with Gasteiger partial charge in [-0.1, -0.05) is 0 Å². The van der Waals surface area contributed by atoms with E-state index in [1.54, 1.807) is 23.3 Å². The van der Waals surface area contributed by atoms with Crippen LogP contribution in [0, 0.1) is 5.92 Å². The van der Waals surface area contributed by atoms with Crippen molar-refractivity contribution in [2.75, 3.05) is 25.0 Å². The van der Waals surface area contributed by atoms with Crippen molar-refractivity contribution in [1.82, 2.24) is 24.6 Å². The third-order valence-corrected chi connectivity index (χ3v) is 5.59. The third kappa shape index (κ3) is 5.92. The van der Waals surface area contributed by atoms with Crippen LogP contribution in [0.3, 0.4) is 0 Å². The zero-order valence-corrected chi connectivity index (χ0v) is 19.5. The van der Waals surface area contributed by atoms with E-state index in [4.69, 9.17) is 4.74 Å². The number of ether oxygens (including phenoxy) is 1. The number of hydrogen-bond acceptors (Lipinski definition) is 7. The van der Waals surface area contributed by atoms with E-state index in [0.29, 0.717) is 31.7 Å². The first-order chi connectivity index (χ1) is 15.7. The van der Waals surface area contributed by atoms with Crippen LogP contribution in [0.1, 0.15) is 33.6 Å². The molecule has 0 saturated carbocycles. The van der Waals surface area contributed by atoms with Crippen LogP contribution in [0.25, 0.3) is 22.0 Å². The molecule has 4 rings (SSSR count). The topological polar surface area (TPSA) is 102 Å². The normalized spacial score (nSPS) is 15.5. The number of likely N-dealkylation sites (tertiary alicyclic amines) is 1. The van der Waals surface area contributed by atoms with Crippen molar-refractivity contribution in [1.29, 1.82) is 0 Å². The lowest BCUT2D eigenvalue weighted by Gasteiger charge is -2.31. The summed E-state index contributed by atoms with van der Waals surface area (Å²) < 4.78 is 7.12. The summed E-state index contributed by atoms with van der Waals surface area (Å²) in [6.07, 6.45) is 8.56. The number of carbonyl (C=O) groups excluding carboxylic acids is 2. The number of fused-ring (bicyclic) bond motifs is 1. The molecule has 0 radical (unpaired) electrons. The minimum atomic E-state index is -0.489. The first-order valence-electron chi connectivity index (χ1n) is 11.2. The van der Waals surface area contributed by atoms with Crippen molar-refractivity contribution >= 4 is 28.5 Å². The molecule has 1 fully saturated rings. The maximum Gasteiger partial charge on any atom is 0.320 e. The highest BCUT2D eigenvalue weighted by Crippen LogP contribution is 2.24. The van der Waals surface area contributed by atoms with Crippen LogP contribution >= 0.6 is 0 Å². The molecule has 3 aromatic heterocycles. The molecule has 1 aliphatic heterocycles. The summed E-state index contributed by atoms with van der Waals surface area (Å²) in [5.74, 6) is 0.138. The van der Waals surface area contributed by atoms with E-state index in [1.807, 2.05) is 51.0 Å². The van der Waals surface area contributed by atoms with Gasteiger partial charge in [-0.3, -0.25) is 24.2 Å². The number of aryl methyl sites for hydroxylation is 1. The molecule has 1 amide bonds. The van der Waals surface area contributed by atoms with Gasteiger partial charge < -0.3 is 10.1 Å². The fourth-order valence-corrected chi connectivity index (χ4v) is 3.96. The Kier molecular flexibility index (Phi) is 6.42. The summed E-state index contributed by atoms with van der Waals surface area (Å²) >= 11 is 0. The van der Waals surface area contributed by atoms with Gasteiger partial charge in [0, 0.05) is 42.5 Å². The van der Waals surface area contributed by atoms with E-state index in [-0.39, 0.29) is 24.3 Å². The van der Waals surface area contributed by atoms with Crippen molar-refractivity contribution < 1.29 is 14.3 Å². The quantitative estimate of drug-likeness (QED) is 0.596. The molecule has 1 saturated heterocycles. The lowest BCUT2D eigenvalue weighted by molar-refractivity contribution is -0.156. The minimum Gasteiger partial charge on any atom is -0.459 e. The van der Waals surface area contributed by atoms with Crippen LogP contribution in [-0.2, 0) is 21.4 Å². The summed E-state index contributed by atoms with van der Waals surface area (Å²) in [5.41, 5.74) is 1.26. The number of carbonyl (C=O) groups is 2. The average Bonchev–Trinajstić information content (AvgIpc) is 3.18. The second kappa shape index (κ2) is 9.27. The van der Waals surface area contributed by atoms with Gasteiger partial charge >= 0.3 is 5.97 Å². The molecule has 4 heterocycles. The number of esters is 1. The standard InChI is InChI=1S/C24H30N6O3/c1-24(2,3)33-22(31)15-30-7-5-16(6-8-30)23(32)28-21-10-17-9-20(19-13-27-29(4)14-19)25-11-18(17)12-26-21/h9-14,16H,5-8,15H2,1-4H3,(H,26,28,32). The van der Waals surface area contributed by atoms with Crippen molar-refractivity contribution in [2.45, 2.75) is 39.2 Å². The zero-order chi connectivity index (χ0) is 23.6. The van der Waals surface area contributed by atoms with E-state index in [2.05, 4.69) is 20.4 Å². The number of rotatable bonds is 5. The van der Waals surface area contributed by atoms with Crippen LogP contribution in [0.15, 0.2) is 36.9 Å². The average molecular weight is 451 g/mol. The van der Waals surface area contributed by atoms with Gasteiger partial charge in [0.15, 0.2) is 0 Å². The van der Waals surface area contributed by atoms with Gasteiger partial charge in [0.25, 0.3) is 0 Å². The smallest absolute Gasteiger partial charge is 0.320 e. The predicted octanol–water partition coefficient (Wildman–Crippen LogP) is 3.02. The van der Waals surface area contributed by atoms with Crippen molar-refractivity contribution in [3.05, 3.63) is 36.9 Å². The second-order valence-corrected chi connectivity index (χ2v) is 9.52. The fourth-order valence-electron chi connectivity index (χ4n) is 3.96. The van der Waals surface area contributed by atoms with Crippen LogP contribution in [0.5, 0.6) is 0 Å². The molecule has 1 N–H and O–H groups in total. The van der Waals surface area contributed by atoms with Gasteiger partial charge in [0.2, 0.25) is 5.91 Å². The van der Waals surface area contributed by atoms with Gasteiger partial charge in [0.05, 0.1) is 18.4 Å². The molecule has 0 aromatic carbocycles. The van der Waals surface area contributed by atoms with Gasteiger partial charge in [-0.15, -0.1) is 0 Å². The highest BCUT2D eigenvalue weighted by atomic mass is 16.6. The first kappa shape index (κ1) is 22.8. The maximum atomic E-state index is 12.8. The monoisotopic (exact) mass is 450 g/mol. The zero-order valence-electron chi connectivity index (χ0n) is 19.5. The summed E-state index contributed by atoms with van der Waals surface area (Å²) in [6, 6.07) is 3.84. The molecule has 174 valence electrons. The number of nitrogens with zero attached hydrogens (tertiary/aromatic N) is 5.